The predicted molar refractivity (Wildman–Crippen MR) is 101 cm³/mol. The molecular weight excluding hydrogens is 404 g/mol. The molecule has 154 valence electrons. The fourth-order valence-corrected chi connectivity index (χ4v) is 4.51. The first-order chi connectivity index (χ1) is 13.7. The lowest BCUT2D eigenvalue weighted by Gasteiger charge is -2.11. The molecule has 2 aromatic carbocycles. The first-order valence-corrected chi connectivity index (χ1v) is 10.5. The Balaban J connectivity index is 1.76. The van der Waals surface area contributed by atoms with E-state index in [2.05, 4.69) is 0 Å². The average Bonchev–Trinajstić information content (AvgIpc) is 3.13. The number of carboxylic acid groups (broad SMARTS) is 1. The molecule has 1 aliphatic carbocycles. The van der Waals surface area contributed by atoms with Gasteiger partial charge in [0.15, 0.2) is 5.78 Å². The van der Waals surface area contributed by atoms with E-state index in [-0.39, 0.29) is 10.7 Å². The Hall–Kier alpha value is -2.81. The van der Waals surface area contributed by atoms with Crippen LogP contribution in [-0.4, -0.2) is 25.3 Å². The second kappa shape index (κ2) is 8.28. The second-order valence-electron chi connectivity index (χ2n) is 7.03. The first-order valence-electron chi connectivity index (χ1n) is 9.06. The van der Waals surface area contributed by atoms with Gasteiger partial charge in [-0.1, -0.05) is 37.8 Å². The molecule has 0 saturated heterocycles. The third-order valence-corrected chi connectivity index (χ3v) is 6.34. The number of carboxylic acids is 1. The van der Waals surface area contributed by atoms with Crippen molar-refractivity contribution in [3.05, 3.63) is 59.2 Å². The highest BCUT2D eigenvalue weighted by Gasteiger charge is 2.22. The van der Waals surface area contributed by atoms with Crippen molar-refractivity contribution in [2.24, 2.45) is 5.92 Å². The minimum absolute atomic E-state index is 0.0535. The number of nitrogens with one attached hydrogen (secondary N) is 1. The zero-order valence-corrected chi connectivity index (χ0v) is 16.1. The minimum atomic E-state index is -4.19. The van der Waals surface area contributed by atoms with Crippen LogP contribution < -0.4 is 4.72 Å². The molecule has 1 aliphatic rings. The number of carbonyl (C=O) groups excluding carboxylic acids is 1. The van der Waals surface area contributed by atoms with Gasteiger partial charge >= 0.3 is 5.97 Å². The van der Waals surface area contributed by atoms with Gasteiger partial charge in [0.05, 0.1) is 10.6 Å². The van der Waals surface area contributed by atoms with Gasteiger partial charge in [-0.05, 0) is 30.2 Å². The van der Waals surface area contributed by atoms with Gasteiger partial charge in [-0.2, -0.15) is 0 Å². The smallest absolute Gasteiger partial charge is 0.341 e. The Kier molecular flexibility index (Phi) is 5.97. The predicted octanol–water partition coefficient (Wildman–Crippen LogP) is 4.23. The van der Waals surface area contributed by atoms with Crippen LogP contribution in [-0.2, 0) is 10.0 Å². The van der Waals surface area contributed by atoms with Crippen LogP contribution in [0.1, 0.15) is 52.8 Å². The van der Waals surface area contributed by atoms with Crippen LogP contribution in [0, 0.1) is 17.6 Å². The van der Waals surface area contributed by atoms with Gasteiger partial charge in [0, 0.05) is 12.0 Å². The number of aromatic carboxylic acids is 1. The van der Waals surface area contributed by atoms with Crippen LogP contribution in [0.3, 0.4) is 0 Å². The van der Waals surface area contributed by atoms with Crippen molar-refractivity contribution in [2.45, 2.75) is 37.0 Å². The van der Waals surface area contributed by atoms with Gasteiger partial charge < -0.3 is 5.11 Å². The zero-order valence-electron chi connectivity index (χ0n) is 15.3. The molecule has 0 aliphatic heterocycles. The standard InChI is InChI=1S/C20H19F2NO5S/c21-16-10-14(11-17(22)19(16)20(25)26)23-29(27,28)15-7-5-13(6-8-15)18(24)9-12-3-1-2-4-12/h5-8,10-12,23H,1-4,9H2,(H,25,26). The molecule has 0 bridgehead atoms. The van der Waals surface area contributed by atoms with Crippen molar-refractivity contribution in [3.63, 3.8) is 0 Å². The monoisotopic (exact) mass is 423 g/mol. The molecule has 6 nitrogen and oxygen atoms in total. The number of sulfonamides is 1. The highest BCUT2D eigenvalue weighted by atomic mass is 32.2. The van der Waals surface area contributed by atoms with Gasteiger partial charge in [0.1, 0.15) is 17.2 Å². The van der Waals surface area contributed by atoms with Crippen molar-refractivity contribution in [2.75, 3.05) is 4.72 Å². The fraction of sp³-hybridized carbons (Fsp3) is 0.300. The Morgan fingerprint density at radius 1 is 1.03 bits per heavy atom. The number of carbonyl (C=O) groups is 2. The zero-order chi connectivity index (χ0) is 21.2. The van der Waals surface area contributed by atoms with Crippen LogP contribution in [0.2, 0.25) is 0 Å². The summed E-state index contributed by atoms with van der Waals surface area (Å²) in [6.45, 7) is 0. The molecule has 2 N–H and O–H groups in total. The number of rotatable bonds is 7. The third kappa shape index (κ3) is 4.79. The average molecular weight is 423 g/mol. The molecule has 1 fully saturated rings. The Bertz CT molecular complexity index is 1020. The normalized spacial score (nSPS) is 14.7. The molecule has 3 rings (SSSR count). The van der Waals surface area contributed by atoms with E-state index < -0.39 is 38.9 Å². The topological polar surface area (TPSA) is 101 Å². The quantitative estimate of drug-likeness (QED) is 0.649. The first kappa shape index (κ1) is 20.9. The van der Waals surface area contributed by atoms with Gasteiger partial charge in [0.25, 0.3) is 10.0 Å². The summed E-state index contributed by atoms with van der Waals surface area (Å²) in [5.41, 5.74) is -1.22. The molecule has 0 atom stereocenters. The van der Waals surface area contributed by atoms with Crippen LogP contribution in [0.4, 0.5) is 14.5 Å². The highest BCUT2D eigenvalue weighted by Crippen LogP contribution is 2.29. The van der Waals surface area contributed by atoms with Gasteiger partial charge in [-0.15, -0.1) is 0 Å². The van der Waals surface area contributed by atoms with E-state index in [1.807, 2.05) is 4.72 Å². The Morgan fingerprint density at radius 2 is 1.59 bits per heavy atom. The Morgan fingerprint density at radius 3 is 2.10 bits per heavy atom. The van der Waals surface area contributed by atoms with E-state index in [0.29, 0.717) is 30.0 Å². The summed E-state index contributed by atoms with van der Waals surface area (Å²) in [7, 11) is -4.19. The largest absolute Gasteiger partial charge is 0.477 e. The SMILES string of the molecule is O=C(CC1CCCC1)c1ccc(S(=O)(=O)Nc2cc(F)c(C(=O)O)c(F)c2)cc1. The van der Waals surface area contributed by atoms with Crippen molar-refractivity contribution in [1.82, 2.24) is 0 Å². The van der Waals surface area contributed by atoms with Gasteiger partial charge in [-0.25, -0.2) is 22.0 Å². The summed E-state index contributed by atoms with van der Waals surface area (Å²) >= 11 is 0. The molecule has 1 saturated carbocycles. The van der Waals surface area contributed by atoms with E-state index in [4.69, 9.17) is 5.11 Å². The number of Topliss-reactive ketones (excluding diaryl/α,β-unsaturated/α-hetero) is 1. The highest BCUT2D eigenvalue weighted by molar-refractivity contribution is 7.92. The minimum Gasteiger partial charge on any atom is -0.477 e. The van der Waals surface area contributed by atoms with E-state index >= 15 is 0 Å². The van der Waals surface area contributed by atoms with Crippen LogP contribution in [0.5, 0.6) is 0 Å². The Labute approximate surface area is 166 Å². The lowest BCUT2D eigenvalue weighted by Crippen LogP contribution is -2.15. The summed E-state index contributed by atoms with van der Waals surface area (Å²) in [4.78, 5) is 22.9. The molecule has 0 radical (unpaired) electrons. The summed E-state index contributed by atoms with van der Waals surface area (Å²) in [6, 6.07) is 6.46. The number of halogens is 2. The van der Waals surface area contributed by atoms with Crippen molar-refractivity contribution < 1.29 is 31.9 Å². The molecular formula is C20H19F2NO5S. The summed E-state index contributed by atoms with van der Waals surface area (Å²) in [5, 5.41) is 8.76. The summed E-state index contributed by atoms with van der Waals surface area (Å²) < 4.78 is 54.4. The van der Waals surface area contributed by atoms with Crippen LogP contribution in [0.25, 0.3) is 0 Å². The maximum atomic E-state index is 13.8. The van der Waals surface area contributed by atoms with E-state index in [1.54, 1.807) is 0 Å². The molecule has 9 heteroatoms. The molecule has 0 heterocycles. The van der Waals surface area contributed by atoms with Gasteiger partial charge in [0.2, 0.25) is 0 Å². The van der Waals surface area contributed by atoms with Crippen molar-refractivity contribution in [3.8, 4) is 0 Å². The molecule has 29 heavy (non-hydrogen) atoms. The molecule has 0 aromatic heterocycles. The van der Waals surface area contributed by atoms with Crippen LogP contribution in [0.15, 0.2) is 41.3 Å². The molecule has 2 aromatic rings. The number of hydrogen-bond acceptors (Lipinski definition) is 4. The lowest BCUT2D eigenvalue weighted by molar-refractivity contribution is 0.0686. The van der Waals surface area contributed by atoms with Crippen LogP contribution >= 0.6 is 0 Å². The molecule has 0 unspecified atom stereocenters. The van der Waals surface area contributed by atoms with Crippen molar-refractivity contribution in [1.29, 1.82) is 0 Å². The number of ketones is 1. The van der Waals surface area contributed by atoms with Crippen molar-refractivity contribution >= 4 is 27.5 Å². The van der Waals surface area contributed by atoms with E-state index in [1.165, 1.54) is 24.3 Å². The lowest BCUT2D eigenvalue weighted by atomic mass is 9.97. The van der Waals surface area contributed by atoms with E-state index in [0.717, 1.165) is 25.7 Å². The fourth-order valence-electron chi connectivity index (χ4n) is 3.46. The van der Waals surface area contributed by atoms with Gasteiger partial charge in [-0.3, -0.25) is 9.52 Å². The third-order valence-electron chi connectivity index (χ3n) is 4.94. The number of anilines is 1. The number of benzene rings is 2. The maximum Gasteiger partial charge on any atom is 0.341 e. The summed E-state index contributed by atoms with van der Waals surface area (Å²) in [5.74, 6) is -4.29. The summed E-state index contributed by atoms with van der Waals surface area (Å²) in [6.07, 6.45) is 4.72. The molecule has 0 amide bonds. The molecule has 0 spiro atoms. The van der Waals surface area contributed by atoms with E-state index in [9.17, 15) is 26.8 Å². The number of hydrogen-bond donors (Lipinski definition) is 2. The maximum absolute atomic E-state index is 13.8. The second-order valence-corrected chi connectivity index (χ2v) is 8.71.